The van der Waals surface area contributed by atoms with E-state index in [0.29, 0.717) is 0 Å². The molecule has 3 heterocycles. The van der Waals surface area contributed by atoms with E-state index in [1.807, 2.05) is 32.9 Å². The van der Waals surface area contributed by atoms with Gasteiger partial charge in [0.2, 0.25) is 5.91 Å². The van der Waals surface area contributed by atoms with Crippen LogP contribution in [0.4, 0.5) is 0 Å². The average molecular weight is 317 g/mol. The van der Waals surface area contributed by atoms with Crippen molar-refractivity contribution >= 4 is 5.91 Å². The summed E-state index contributed by atoms with van der Waals surface area (Å²) in [5.74, 6) is 2.83. The number of furan rings is 1. The summed E-state index contributed by atoms with van der Waals surface area (Å²) < 4.78 is 11.0. The van der Waals surface area contributed by atoms with Crippen molar-refractivity contribution in [3.05, 3.63) is 40.7 Å². The molecule has 0 aliphatic carbocycles. The summed E-state index contributed by atoms with van der Waals surface area (Å²) in [7, 11) is 0. The number of aromatic nitrogens is 1. The van der Waals surface area contributed by atoms with Gasteiger partial charge in [0.05, 0.1) is 17.7 Å². The van der Waals surface area contributed by atoms with Crippen LogP contribution >= 0.6 is 0 Å². The molecule has 3 rings (SSSR count). The Labute approximate surface area is 135 Å². The normalized spacial score (nSPS) is 21.7. The number of aryl methyl sites for hydroxylation is 3. The molecule has 23 heavy (non-hydrogen) atoms. The number of hydrogen-bond acceptors (Lipinski definition) is 5. The second-order valence-electron chi connectivity index (χ2n) is 6.36. The fraction of sp³-hybridized carbons (Fsp3) is 0.529. The van der Waals surface area contributed by atoms with Gasteiger partial charge in [0, 0.05) is 32.1 Å². The lowest BCUT2D eigenvalue weighted by Gasteiger charge is -2.17. The summed E-state index contributed by atoms with van der Waals surface area (Å²) in [6.45, 7) is 9.78. The van der Waals surface area contributed by atoms with E-state index in [2.05, 4.69) is 15.4 Å². The third-order valence-electron chi connectivity index (χ3n) is 4.47. The summed E-state index contributed by atoms with van der Waals surface area (Å²) in [5, 5.41) is 7.07. The van der Waals surface area contributed by atoms with Crippen LogP contribution in [0.1, 0.15) is 41.4 Å². The monoisotopic (exact) mass is 317 g/mol. The maximum Gasteiger partial charge on any atom is 0.217 e. The summed E-state index contributed by atoms with van der Waals surface area (Å²) in [6.07, 6.45) is 0. The van der Waals surface area contributed by atoms with E-state index in [9.17, 15) is 4.79 Å². The van der Waals surface area contributed by atoms with Crippen LogP contribution in [0.5, 0.6) is 0 Å². The molecule has 1 fully saturated rings. The zero-order valence-electron chi connectivity index (χ0n) is 14.0. The molecule has 124 valence electrons. The number of amides is 1. The van der Waals surface area contributed by atoms with E-state index in [1.54, 1.807) is 6.92 Å². The molecule has 6 heteroatoms. The zero-order chi connectivity index (χ0) is 16.6. The van der Waals surface area contributed by atoms with Gasteiger partial charge in [0.15, 0.2) is 0 Å². The first-order chi connectivity index (χ1) is 10.9. The van der Waals surface area contributed by atoms with E-state index in [1.165, 1.54) is 0 Å². The number of nitrogens with zero attached hydrogens (tertiary/aromatic N) is 2. The number of nitrogens with one attached hydrogen (secondary N) is 1. The number of carbonyl (C=O) groups excluding carboxylic acids is 1. The van der Waals surface area contributed by atoms with Gasteiger partial charge in [-0.1, -0.05) is 5.16 Å². The van der Waals surface area contributed by atoms with Gasteiger partial charge in [-0.3, -0.25) is 9.69 Å². The fourth-order valence-corrected chi connectivity index (χ4v) is 3.31. The van der Waals surface area contributed by atoms with Gasteiger partial charge in [-0.05, 0) is 32.9 Å². The number of likely N-dealkylation sites (tertiary alicyclic amines) is 1. The molecule has 0 bridgehead atoms. The zero-order valence-corrected chi connectivity index (χ0v) is 14.0. The third-order valence-corrected chi connectivity index (χ3v) is 4.47. The summed E-state index contributed by atoms with van der Waals surface area (Å²) in [5.41, 5.74) is 2.05. The molecule has 2 atom stereocenters. The van der Waals surface area contributed by atoms with Crippen molar-refractivity contribution in [2.24, 2.45) is 0 Å². The van der Waals surface area contributed by atoms with Crippen molar-refractivity contribution in [3.63, 3.8) is 0 Å². The van der Waals surface area contributed by atoms with Crippen LogP contribution in [0.3, 0.4) is 0 Å². The number of carbonyl (C=O) groups is 1. The molecule has 2 aromatic rings. The molecule has 1 N–H and O–H groups in total. The molecule has 1 amide bonds. The Bertz CT molecular complexity index is 684. The smallest absolute Gasteiger partial charge is 0.217 e. The Hall–Kier alpha value is -2.08. The highest BCUT2D eigenvalue weighted by Gasteiger charge is 2.36. The molecule has 1 aliphatic heterocycles. The lowest BCUT2D eigenvalue weighted by molar-refractivity contribution is -0.119. The second kappa shape index (κ2) is 6.20. The van der Waals surface area contributed by atoms with Crippen LogP contribution in [-0.2, 0) is 11.3 Å². The molecule has 6 nitrogen and oxygen atoms in total. The SMILES string of the molecule is CC(=O)N[C@@H]1CN(Cc2c(C)noc2C)C[C@H]1c1ccc(C)o1. The Morgan fingerprint density at radius 1 is 1.35 bits per heavy atom. The Morgan fingerprint density at radius 3 is 2.70 bits per heavy atom. The van der Waals surface area contributed by atoms with Gasteiger partial charge in [-0.15, -0.1) is 0 Å². The van der Waals surface area contributed by atoms with E-state index < -0.39 is 0 Å². The van der Waals surface area contributed by atoms with Crippen LogP contribution in [-0.4, -0.2) is 35.1 Å². The molecule has 0 aromatic carbocycles. The van der Waals surface area contributed by atoms with Gasteiger partial charge in [0.1, 0.15) is 17.3 Å². The van der Waals surface area contributed by atoms with E-state index in [4.69, 9.17) is 8.94 Å². The second-order valence-corrected chi connectivity index (χ2v) is 6.36. The highest BCUT2D eigenvalue weighted by molar-refractivity contribution is 5.73. The molecule has 0 saturated carbocycles. The third kappa shape index (κ3) is 3.32. The van der Waals surface area contributed by atoms with Crippen LogP contribution in [0, 0.1) is 20.8 Å². The quantitative estimate of drug-likeness (QED) is 0.937. The molecular weight excluding hydrogens is 294 g/mol. The number of hydrogen-bond donors (Lipinski definition) is 1. The van der Waals surface area contributed by atoms with Gasteiger partial charge in [-0.2, -0.15) is 0 Å². The first kappa shape index (κ1) is 15.8. The minimum absolute atomic E-state index is 0.0116. The molecule has 0 spiro atoms. The van der Waals surface area contributed by atoms with E-state index in [0.717, 1.165) is 48.2 Å². The summed E-state index contributed by atoms with van der Waals surface area (Å²) in [6, 6.07) is 4.03. The van der Waals surface area contributed by atoms with E-state index in [-0.39, 0.29) is 17.9 Å². The molecule has 1 saturated heterocycles. The predicted molar refractivity (Wildman–Crippen MR) is 85.0 cm³/mol. The Balaban J connectivity index is 1.78. The molecule has 0 radical (unpaired) electrons. The minimum Gasteiger partial charge on any atom is -0.466 e. The lowest BCUT2D eigenvalue weighted by atomic mass is 10.0. The predicted octanol–water partition coefficient (Wildman–Crippen LogP) is 2.30. The van der Waals surface area contributed by atoms with Crippen LogP contribution in [0.15, 0.2) is 21.1 Å². The van der Waals surface area contributed by atoms with Crippen molar-refractivity contribution < 1.29 is 13.7 Å². The maximum absolute atomic E-state index is 11.5. The highest BCUT2D eigenvalue weighted by atomic mass is 16.5. The molecule has 1 aliphatic rings. The van der Waals surface area contributed by atoms with Gasteiger partial charge >= 0.3 is 0 Å². The lowest BCUT2D eigenvalue weighted by Crippen LogP contribution is -2.38. The molecule has 2 aromatic heterocycles. The Morgan fingerprint density at radius 2 is 2.13 bits per heavy atom. The average Bonchev–Trinajstić information content (AvgIpc) is 3.14. The first-order valence-corrected chi connectivity index (χ1v) is 7.91. The van der Waals surface area contributed by atoms with Crippen LogP contribution < -0.4 is 5.32 Å². The highest BCUT2D eigenvalue weighted by Crippen LogP contribution is 2.30. The van der Waals surface area contributed by atoms with Crippen molar-refractivity contribution in [1.29, 1.82) is 0 Å². The maximum atomic E-state index is 11.5. The van der Waals surface area contributed by atoms with Gasteiger partial charge < -0.3 is 14.3 Å². The summed E-state index contributed by atoms with van der Waals surface area (Å²) >= 11 is 0. The van der Waals surface area contributed by atoms with Gasteiger partial charge in [-0.25, -0.2) is 0 Å². The summed E-state index contributed by atoms with van der Waals surface area (Å²) in [4.78, 5) is 13.8. The van der Waals surface area contributed by atoms with E-state index >= 15 is 0 Å². The first-order valence-electron chi connectivity index (χ1n) is 7.91. The van der Waals surface area contributed by atoms with Crippen molar-refractivity contribution in [2.75, 3.05) is 13.1 Å². The largest absolute Gasteiger partial charge is 0.466 e. The molecule has 0 unspecified atom stereocenters. The van der Waals surface area contributed by atoms with Gasteiger partial charge in [0.25, 0.3) is 0 Å². The van der Waals surface area contributed by atoms with Crippen molar-refractivity contribution in [1.82, 2.24) is 15.4 Å². The molecular formula is C17H23N3O3. The van der Waals surface area contributed by atoms with Crippen molar-refractivity contribution in [3.8, 4) is 0 Å². The Kier molecular flexibility index (Phi) is 4.26. The minimum atomic E-state index is -0.0116. The van der Waals surface area contributed by atoms with Crippen molar-refractivity contribution in [2.45, 2.75) is 46.2 Å². The standard InChI is InChI=1S/C17H23N3O3/c1-10-5-6-17(22-10)15-8-20(9-16(15)18-13(4)21)7-14-11(2)19-23-12(14)3/h5-6,15-16H,7-9H2,1-4H3,(H,18,21)/t15-,16-/m1/s1. The van der Waals surface area contributed by atoms with Crippen LogP contribution in [0.2, 0.25) is 0 Å². The topological polar surface area (TPSA) is 71.5 Å². The number of rotatable bonds is 4. The fourth-order valence-electron chi connectivity index (χ4n) is 3.31. The van der Waals surface area contributed by atoms with Crippen LogP contribution in [0.25, 0.3) is 0 Å².